The van der Waals surface area contributed by atoms with Gasteiger partial charge in [0.25, 0.3) is 0 Å². The van der Waals surface area contributed by atoms with E-state index in [1.54, 1.807) is 13.8 Å². The predicted octanol–water partition coefficient (Wildman–Crippen LogP) is 0.632. The molecule has 1 aromatic rings. The first-order valence-corrected chi connectivity index (χ1v) is 13.3. The SMILES string of the molecule is Cc1cn(C[C@@H]2O[C@H](COP(=O)(O)OP(=O)(O)OP(=O)(O)O)C[C@@]2(C)Cl)c(=O)nc1N. The Morgan fingerprint density at radius 2 is 1.90 bits per heavy atom. The van der Waals surface area contributed by atoms with Crippen LogP contribution in [0.15, 0.2) is 11.0 Å². The number of nitrogens with zero attached hydrogens (tertiary/aromatic N) is 2. The summed E-state index contributed by atoms with van der Waals surface area (Å²) in [6.45, 7) is 2.60. The van der Waals surface area contributed by atoms with E-state index in [2.05, 4.69) is 18.1 Å². The number of phosphoric acid groups is 3. The quantitative estimate of drug-likeness (QED) is 0.219. The van der Waals surface area contributed by atoms with Crippen molar-refractivity contribution in [3.63, 3.8) is 0 Å². The van der Waals surface area contributed by atoms with E-state index in [0.29, 0.717) is 5.56 Å². The van der Waals surface area contributed by atoms with Gasteiger partial charge in [-0.05, 0) is 20.3 Å². The van der Waals surface area contributed by atoms with Crippen molar-refractivity contribution >= 4 is 40.9 Å². The largest absolute Gasteiger partial charge is 0.490 e. The maximum atomic E-state index is 12.0. The third-order valence-electron chi connectivity index (χ3n) is 4.07. The van der Waals surface area contributed by atoms with Gasteiger partial charge >= 0.3 is 29.2 Å². The fraction of sp³-hybridized carbons (Fsp3) is 0.667. The standard InChI is InChI=1S/C12H21ClN3O12P3/c1-7-4-16(11(17)15-10(7)14)5-9-12(2,13)3-8(26-9)6-25-30(21,22)28-31(23,24)27-29(18,19)20/h4,8-9H,3,5-6H2,1-2H3,(H,21,22)(H,23,24)(H2,14,15,17)(H2,18,19,20)/t8-,9-,12+/m0/s1. The highest BCUT2D eigenvalue weighted by Crippen LogP contribution is 2.66. The Bertz CT molecular complexity index is 1030. The molecule has 2 rings (SSSR count). The molecule has 6 N–H and O–H groups in total. The second-order valence-electron chi connectivity index (χ2n) is 6.86. The summed E-state index contributed by atoms with van der Waals surface area (Å²) < 4.78 is 52.5. The van der Waals surface area contributed by atoms with Crippen LogP contribution in [0.4, 0.5) is 5.82 Å². The zero-order valence-corrected chi connectivity index (χ0v) is 19.5. The van der Waals surface area contributed by atoms with Gasteiger partial charge in [0, 0.05) is 11.8 Å². The summed E-state index contributed by atoms with van der Waals surface area (Å²) in [5.41, 5.74) is 5.51. The third-order valence-corrected chi connectivity index (χ3v) is 8.27. The molecular weight excluding hydrogens is 507 g/mol. The van der Waals surface area contributed by atoms with Crippen LogP contribution in [0.1, 0.15) is 18.9 Å². The van der Waals surface area contributed by atoms with Crippen LogP contribution < -0.4 is 11.4 Å². The predicted molar refractivity (Wildman–Crippen MR) is 105 cm³/mol. The molecule has 0 aromatic carbocycles. The van der Waals surface area contributed by atoms with Crippen molar-refractivity contribution in [1.82, 2.24) is 9.55 Å². The van der Waals surface area contributed by atoms with Crippen LogP contribution in [0.2, 0.25) is 0 Å². The minimum Gasteiger partial charge on any atom is -0.383 e. The van der Waals surface area contributed by atoms with E-state index in [1.165, 1.54) is 10.8 Å². The molecular formula is C12H21ClN3O12P3. The lowest BCUT2D eigenvalue weighted by Gasteiger charge is -2.23. The molecule has 0 aliphatic carbocycles. The zero-order valence-electron chi connectivity index (χ0n) is 16.1. The van der Waals surface area contributed by atoms with Gasteiger partial charge in [-0.25, -0.2) is 18.5 Å². The second-order valence-corrected chi connectivity index (χ2v) is 12.1. The number of alkyl halides is 1. The van der Waals surface area contributed by atoms with Crippen molar-refractivity contribution in [3.05, 3.63) is 22.2 Å². The van der Waals surface area contributed by atoms with Crippen LogP contribution in [-0.2, 0) is 38.1 Å². The first-order valence-electron chi connectivity index (χ1n) is 8.35. The average Bonchev–Trinajstić information content (AvgIpc) is 2.81. The first-order chi connectivity index (χ1) is 13.9. The van der Waals surface area contributed by atoms with Crippen LogP contribution >= 0.6 is 35.1 Å². The van der Waals surface area contributed by atoms with E-state index in [0.717, 1.165) is 0 Å². The Morgan fingerprint density at radius 1 is 1.29 bits per heavy atom. The molecule has 1 saturated heterocycles. The number of nitrogens with two attached hydrogens (primary N) is 1. The topological polar surface area (TPSA) is 230 Å². The molecule has 15 nitrogen and oxygen atoms in total. The van der Waals surface area contributed by atoms with Crippen molar-refractivity contribution < 1.29 is 51.2 Å². The van der Waals surface area contributed by atoms with Gasteiger partial charge in [-0.2, -0.15) is 13.6 Å². The number of phosphoric ester groups is 1. The minimum absolute atomic E-state index is 0.0152. The Labute approximate surface area is 180 Å². The van der Waals surface area contributed by atoms with E-state index in [4.69, 9.17) is 36.8 Å². The Kier molecular flexibility index (Phi) is 7.98. The third kappa shape index (κ3) is 8.01. The summed E-state index contributed by atoms with van der Waals surface area (Å²) in [5, 5.41) is 0. The normalized spacial score (nSPS) is 28.2. The van der Waals surface area contributed by atoms with E-state index in [-0.39, 0.29) is 18.8 Å². The average molecular weight is 528 g/mol. The fourth-order valence-electron chi connectivity index (χ4n) is 2.73. The lowest BCUT2D eigenvalue weighted by atomic mass is 10.0. The summed E-state index contributed by atoms with van der Waals surface area (Å²) in [5.74, 6) is 0.0797. The molecule has 0 spiro atoms. The molecule has 1 aliphatic rings. The maximum absolute atomic E-state index is 12.0. The number of halogens is 1. The number of aromatic nitrogens is 2. The van der Waals surface area contributed by atoms with Crippen molar-refractivity contribution in [2.75, 3.05) is 12.3 Å². The van der Waals surface area contributed by atoms with Gasteiger partial charge in [-0.15, -0.1) is 11.6 Å². The highest BCUT2D eigenvalue weighted by atomic mass is 35.5. The van der Waals surface area contributed by atoms with Crippen molar-refractivity contribution in [2.24, 2.45) is 0 Å². The molecule has 31 heavy (non-hydrogen) atoms. The number of hydrogen-bond donors (Lipinski definition) is 5. The molecule has 1 fully saturated rings. The van der Waals surface area contributed by atoms with Gasteiger partial charge in [0.05, 0.1) is 30.2 Å². The highest BCUT2D eigenvalue weighted by Gasteiger charge is 2.46. The molecule has 178 valence electrons. The van der Waals surface area contributed by atoms with Gasteiger partial charge in [0.2, 0.25) is 0 Å². The molecule has 1 aromatic heterocycles. The Hall–Kier alpha value is -0.660. The number of aryl methyl sites for hydroxylation is 1. The fourth-order valence-corrected chi connectivity index (χ4v) is 6.07. The molecule has 0 radical (unpaired) electrons. The molecule has 2 heterocycles. The van der Waals surface area contributed by atoms with Crippen LogP contribution in [0.3, 0.4) is 0 Å². The van der Waals surface area contributed by atoms with E-state index in [1.807, 2.05) is 0 Å². The second kappa shape index (κ2) is 9.30. The molecule has 19 heteroatoms. The molecule has 1 aliphatic heterocycles. The monoisotopic (exact) mass is 527 g/mol. The number of hydrogen-bond acceptors (Lipinski definition) is 10. The lowest BCUT2D eigenvalue weighted by molar-refractivity contribution is -0.0000197. The minimum atomic E-state index is -5.62. The lowest BCUT2D eigenvalue weighted by Crippen LogP contribution is -2.37. The van der Waals surface area contributed by atoms with Crippen molar-refractivity contribution in [1.29, 1.82) is 0 Å². The summed E-state index contributed by atoms with van der Waals surface area (Å²) in [4.78, 5) is 50.3. The van der Waals surface area contributed by atoms with Gasteiger partial charge in [0.1, 0.15) is 5.82 Å². The molecule has 5 atom stereocenters. The highest BCUT2D eigenvalue weighted by molar-refractivity contribution is 7.66. The summed E-state index contributed by atoms with van der Waals surface area (Å²) in [6, 6.07) is 0. The van der Waals surface area contributed by atoms with Crippen LogP contribution in [0.25, 0.3) is 0 Å². The molecule has 2 unspecified atom stereocenters. The van der Waals surface area contributed by atoms with Crippen LogP contribution in [0.5, 0.6) is 0 Å². The van der Waals surface area contributed by atoms with E-state index in [9.17, 15) is 23.4 Å². The Morgan fingerprint density at radius 3 is 2.48 bits per heavy atom. The van der Waals surface area contributed by atoms with Gasteiger partial charge in [-0.1, -0.05) is 0 Å². The van der Waals surface area contributed by atoms with Crippen LogP contribution in [0, 0.1) is 6.92 Å². The van der Waals surface area contributed by atoms with Gasteiger partial charge < -0.3 is 30.0 Å². The zero-order chi connectivity index (χ0) is 23.8. The summed E-state index contributed by atoms with van der Waals surface area (Å²) in [6.07, 6.45) is -0.0898. The number of rotatable bonds is 9. The van der Waals surface area contributed by atoms with Gasteiger partial charge in [-0.3, -0.25) is 9.09 Å². The van der Waals surface area contributed by atoms with Gasteiger partial charge in [0.15, 0.2) is 0 Å². The van der Waals surface area contributed by atoms with Crippen molar-refractivity contribution in [2.45, 2.75) is 43.9 Å². The first kappa shape index (κ1) is 26.6. The number of nitrogen functional groups attached to an aromatic ring is 1. The molecule has 0 saturated carbocycles. The van der Waals surface area contributed by atoms with Crippen molar-refractivity contribution in [3.8, 4) is 0 Å². The summed E-state index contributed by atoms with van der Waals surface area (Å²) in [7, 11) is -16.4. The Balaban J connectivity index is 2.01. The smallest absolute Gasteiger partial charge is 0.383 e. The molecule has 0 bridgehead atoms. The number of ether oxygens (including phenoxy) is 1. The maximum Gasteiger partial charge on any atom is 0.490 e. The summed E-state index contributed by atoms with van der Waals surface area (Å²) >= 11 is 6.44. The van der Waals surface area contributed by atoms with Crippen LogP contribution in [-0.4, -0.2) is 52.8 Å². The number of anilines is 1. The van der Waals surface area contributed by atoms with E-state index < -0.39 is 52.8 Å². The molecule has 0 amide bonds. The van der Waals surface area contributed by atoms with E-state index >= 15 is 0 Å².